The number of nitro benzene ring substituents is 1. The molecule has 38 heavy (non-hydrogen) atoms. The first-order chi connectivity index (χ1) is 18.2. The van der Waals surface area contributed by atoms with Gasteiger partial charge in [-0.05, 0) is 42.8 Å². The number of aromatic nitrogens is 2. The van der Waals surface area contributed by atoms with Crippen molar-refractivity contribution in [2.75, 3.05) is 0 Å². The number of benzene rings is 3. The van der Waals surface area contributed by atoms with Crippen LogP contribution in [0.5, 0.6) is 5.75 Å². The van der Waals surface area contributed by atoms with Gasteiger partial charge in [-0.25, -0.2) is 4.98 Å². The number of nitrogens with zero attached hydrogens (tertiary/aromatic N) is 4. The average molecular weight is 728 g/mol. The van der Waals surface area contributed by atoms with Crippen LogP contribution in [0.2, 0.25) is 5.02 Å². The molecule has 0 aliphatic rings. The van der Waals surface area contributed by atoms with Crippen molar-refractivity contribution in [1.29, 1.82) is 0 Å². The van der Waals surface area contributed by atoms with Crippen molar-refractivity contribution in [3.8, 4) is 5.75 Å². The summed E-state index contributed by atoms with van der Waals surface area (Å²) in [5, 5.41) is 16.7. The highest BCUT2D eigenvalue weighted by atomic mass is 79.9. The van der Waals surface area contributed by atoms with E-state index in [-0.39, 0.29) is 28.6 Å². The van der Waals surface area contributed by atoms with Crippen molar-refractivity contribution < 1.29 is 9.66 Å². The largest absolute Gasteiger partial charge is 0.481 e. The van der Waals surface area contributed by atoms with Crippen LogP contribution >= 0.6 is 59.4 Å². The summed E-state index contributed by atoms with van der Waals surface area (Å²) in [6.45, 7) is 2.11. The molecule has 0 aliphatic heterocycles. The number of aryl methyl sites for hydroxylation is 1. The Kier molecular flexibility index (Phi) is 9.35. The molecule has 0 saturated carbocycles. The number of halogens is 4. The van der Waals surface area contributed by atoms with E-state index in [0.29, 0.717) is 28.7 Å². The van der Waals surface area contributed by atoms with Crippen molar-refractivity contribution in [3.05, 3.63) is 104 Å². The summed E-state index contributed by atoms with van der Waals surface area (Å²) >= 11 is 16.7. The van der Waals surface area contributed by atoms with Crippen molar-refractivity contribution in [3.63, 3.8) is 0 Å². The van der Waals surface area contributed by atoms with E-state index in [2.05, 4.69) is 57.9 Å². The third kappa shape index (κ3) is 6.51. The fourth-order valence-electron chi connectivity index (χ4n) is 3.68. The van der Waals surface area contributed by atoms with Gasteiger partial charge in [0.05, 0.1) is 27.1 Å². The molecular weight excluding hydrogens is 707 g/mol. The summed E-state index contributed by atoms with van der Waals surface area (Å²) in [7, 11) is 0. The van der Waals surface area contributed by atoms with Gasteiger partial charge in [0.2, 0.25) is 5.75 Å². The summed E-state index contributed by atoms with van der Waals surface area (Å²) in [6, 6.07) is 13.6. The lowest BCUT2D eigenvalue weighted by atomic mass is 10.2. The van der Waals surface area contributed by atoms with E-state index in [1.54, 1.807) is 12.1 Å². The number of ether oxygens (including phenoxy) is 1. The Labute approximate surface area is 248 Å². The molecule has 0 bridgehead atoms. The maximum absolute atomic E-state index is 13.3. The molecule has 0 N–H and O–H groups in total. The molecule has 196 valence electrons. The van der Waals surface area contributed by atoms with Crippen LogP contribution in [0.25, 0.3) is 10.9 Å². The van der Waals surface area contributed by atoms with Crippen molar-refractivity contribution >= 4 is 82.2 Å². The topological polar surface area (TPSA) is 99.6 Å². The quantitative estimate of drug-likeness (QED) is 0.0988. The van der Waals surface area contributed by atoms with E-state index in [1.165, 1.54) is 23.0 Å². The first-order valence-electron chi connectivity index (χ1n) is 11.5. The SMILES string of the molecule is CCCCc1nc2ccc(Br)cc2c(=O)n1N=Cc1cc(Cl)c(OCc2ccc(Br)cc2Br)c([N+](=O)[O-])c1. The number of nitro groups is 1. The Morgan fingerprint density at radius 1 is 1.13 bits per heavy atom. The van der Waals surface area contributed by atoms with Crippen LogP contribution in [0.1, 0.15) is 36.7 Å². The lowest BCUT2D eigenvalue weighted by Crippen LogP contribution is -2.22. The van der Waals surface area contributed by atoms with Crippen LogP contribution in [-0.2, 0) is 13.0 Å². The molecule has 0 aliphatic carbocycles. The van der Waals surface area contributed by atoms with Crippen molar-refractivity contribution in [2.24, 2.45) is 5.10 Å². The molecule has 12 heteroatoms. The highest BCUT2D eigenvalue weighted by Gasteiger charge is 2.21. The monoisotopic (exact) mass is 724 g/mol. The number of hydrogen-bond donors (Lipinski definition) is 0. The number of fused-ring (bicyclic) bond motifs is 1. The Morgan fingerprint density at radius 3 is 2.58 bits per heavy atom. The van der Waals surface area contributed by atoms with Gasteiger partial charge in [-0.1, -0.05) is 78.8 Å². The Hall–Kier alpha value is -2.60. The van der Waals surface area contributed by atoms with E-state index in [4.69, 9.17) is 16.3 Å². The molecule has 3 aromatic carbocycles. The Balaban J connectivity index is 1.71. The van der Waals surface area contributed by atoms with E-state index in [0.717, 1.165) is 31.8 Å². The van der Waals surface area contributed by atoms with Gasteiger partial charge in [0, 0.05) is 37.0 Å². The van der Waals surface area contributed by atoms with Gasteiger partial charge < -0.3 is 4.74 Å². The maximum atomic E-state index is 13.3. The second kappa shape index (κ2) is 12.5. The summed E-state index contributed by atoms with van der Waals surface area (Å²) in [6.07, 6.45) is 3.64. The van der Waals surface area contributed by atoms with Crippen LogP contribution in [-0.4, -0.2) is 20.8 Å². The molecule has 0 spiro atoms. The molecule has 1 heterocycles. The fraction of sp³-hybridized carbons (Fsp3) is 0.192. The van der Waals surface area contributed by atoms with Gasteiger partial charge in [0.1, 0.15) is 12.4 Å². The predicted octanol–water partition coefficient (Wildman–Crippen LogP) is 8.05. The highest BCUT2D eigenvalue weighted by molar-refractivity contribution is 9.11. The molecule has 0 atom stereocenters. The van der Waals surface area contributed by atoms with E-state index in [9.17, 15) is 14.9 Å². The van der Waals surface area contributed by atoms with Gasteiger partial charge in [0.15, 0.2) is 0 Å². The molecule has 0 unspecified atom stereocenters. The molecule has 0 radical (unpaired) electrons. The molecule has 0 amide bonds. The summed E-state index contributed by atoms with van der Waals surface area (Å²) < 4.78 is 9.41. The van der Waals surface area contributed by atoms with Gasteiger partial charge in [-0.3, -0.25) is 14.9 Å². The van der Waals surface area contributed by atoms with Gasteiger partial charge in [0.25, 0.3) is 5.56 Å². The Bertz CT molecular complexity index is 1620. The van der Waals surface area contributed by atoms with Crippen LogP contribution in [0, 0.1) is 10.1 Å². The van der Waals surface area contributed by atoms with E-state index < -0.39 is 4.92 Å². The van der Waals surface area contributed by atoms with Crippen molar-refractivity contribution in [2.45, 2.75) is 32.8 Å². The third-order valence-electron chi connectivity index (χ3n) is 5.58. The van der Waals surface area contributed by atoms with Crippen LogP contribution in [0.15, 0.2) is 71.8 Å². The number of unbranched alkanes of at least 4 members (excludes halogenated alkanes) is 1. The lowest BCUT2D eigenvalue weighted by Gasteiger charge is -2.11. The third-order valence-corrected chi connectivity index (χ3v) is 7.59. The zero-order valence-corrected chi connectivity index (χ0v) is 25.5. The molecule has 4 aromatic rings. The maximum Gasteiger partial charge on any atom is 0.313 e. The number of rotatable bonds is 9. The van der Waals surface area contributed by atoms with Crippen LogP contribution in [0.4, 0.5) is 5.69 Å². The predicted molar refractivity (Wildman–Crippen MR) is 160 cm³/mol. The first-order valence-corrected chi connectivity index (χ1v) is 14.2. The zero-order valence-electron chi connectivity index (χ0n) is 20.0. The highest BCUT2D eigenvalue weighted by Crippen LogP contribution is 2.37. The van der Waals surface area contributed by atoms with Gasteiger partial charge >= 0.3 is 5.69 Å². The first kappa shape index (κ1) is 28.4. The molecule has 0 fully saturated rings. The molecular formula is C26H20Br3ClN4O4. The normalized spacial score (nSPS) is 11.4. The van der Waals surface area contributed by atoms with Crippen molar-refractivity contribution in [1.82, 2.24) is 9.66 Å². The standard InChI is InChI=1S/C26H20Br3ClN4O4/c1-2-3-4-24-32-22-8-7-17(27)11-19(22)26(35)33(24)31-13-15-9-21(30)25(23(10-15)34(36)37)38-14-16-5-6-18(28)12-20(16)29/h5-13H,2-4,14H2,1H3. The van der Waals surface area contributed by atoms with E-state index >= 15 is 0 Å². The van der Waals surface area contributed by atoms with Crippen LogP contribution in [0.3, 0.4) is 0 Å². The summed E-state index contributed by atoms with van der Waals surface area (Å²) in [5.74, 6) is 0.449. The molecule has 8 nitrogen and oxygen atoms in total. The second-order valence-electron chi connectivity index (χ2n) is 8.29. The Morgan fingerprint density at radius 2 is 1.87 bits per heavy atom. The second-order valence-corrected chi connectivity index (χ2v) is 11.4. The summed E-state index contributed by atoms with van der Waals surface area (Å²) in [4.78, 5) is 29.2. The molecule has 1 aromatic heterocycles. The zero-order chi connectivity index (χ0) is 27.4. The molecule has 4 rings (SSSR count). The fourth-order valence-corrected chi connectivity index (χ4v) is 5.48. The minimum atomic E-state index is -0.566. The van der Waals surface area contributed by atoms with Gasteiger partial charge in [-0.15, -0.1) is 0 Å². The van der Waals surface area contributed by atoms with Gasteiger partial charge in [-0.2, -0.15) is 9.78 Å². The average Bonchev–Trinajstić information content (AvgIpc) is 2.87. The lowest BCUT2D eigenvalue weighted by molar-refractivity contribution is -0.385. The number of hydrogen-bond acceptors (Lipinski definition) is 6. The molecule has 0 saturated heterocycles. The van der Waals surface area contributed by atoms with Crippen LogP contribution < -0.4 is 10.3 Å². The minimum Gasteiger partial charge on any atom is -0.481 e. The smallest absolute Gasteiger partial charge is 0.313 e. The summed E-state index contributed by atoms with van der Waals surface area (Å²) in [5.41, 5.74) is 1.05. The van der Waals surface area contributed by atoms with E-state index in [1.807, 2.05) is 31.2 Å². The minimum absolute atomic E-state index is 0.0491.